The van der Waals surface area contributed by atoms with Crippen LogP contribution in [-0.4, -0.2) is 88.8 Å². The zero-order valence-corrected chi connectivity index (χ0v) is 34.9. The fraction of sp³-hybridized carbons (Fsp3) is 0.909. The van der Waals surface area contributed by atoms with Crippen LogP contribution < -0.4 is 0 Å². The van der Waals surface area contributed by atoms with Crippen LogP contribution in [0.2, 0.25) is 0 Å². The van der Waals surface area contributed by atoms with Crippen LogP contribution in [0, 0.1) is 0 Å². The summed E-state index contributed by atoms with van der Waals surface area (Å²) in [7, 11) is -28.7. The molecular formula is C22H56F6N2O18P6. The van der Waals surface area contributed by atoms with Gasteiger partial charge < -0.3 is 9.80 Å². The highest BCUT2D eigenvalue weighted by molar-refractivity contribution is 7.46. The van der Waals surface area contributed by atoms with Crippen molar-refractivity contribution in [2.45, 2.75) is 110 Å². The maximum atomic E-state index is 10.4. The quantitative estimate of drug-likeness (QED) is 0.0389. The average Bonchev–Trinajstić information content (AvgIpc) is 3.27. The predicted octanol–water partition coefficient (Wildman–Crippen LogP) is 7.22. The molecule has 0 unspecified atom stereocenters. The molecule has 1 aliphatic rings. The molecule has 0 saturated carbocycles. The van der Waals surface area contributed by atoms with Gasteiger partial charge in [0.25, 0.3) is 0 Å². The maximum Gasteiger partial charge on any atom is 0.507 e. The lowest BCUT2D eigenvalue weighted by atomic mass is 10.0. The fourth-order valence-electron chi connectivity index (χ4n) is 3.60. The minimum atomic E-state index is -5.14. The highest BCUT2D eigenvalue weighted by Crippen LogP contribution is 2.37. The Kier molecular flexibility index (Phi) is 45.1. The summed E-state index contributed by atoms with van der Waals surface area (Å²) >= 11 is 0. The van der Waals surface area contributed by atoms with Gasteiger partial charge in [-0.2, -0.15) is 0 Å². The summed E-state index contributed by atoms with van der Waals surface area (Å²) in [6, 6.07) is 0. The zero-order valence-electron chi connectivity index (χ0n) is 29.5. The van der Waals surface area contributed by atoms with Crippen molar-refractivity contribution in [2.75, 3.05) is 20.3 Å². The molecule has 1 heterocycles. The molecule has 1 rings (SSSR count). The molecular weight excluding hydrogens is 880 g/mol. The summed E-state index contributed by atoms with van der Waals surface area (Å²) in [6.45, 7) is 4.61. The monoisotopic (exact) mass is 936 g/mol. The van der Waals surface area contributed by atoms with E-state index in [0.29, 0.717) is 0 Å². The van der Waals surface area contributed by atoms with Crippen LogP contribution >= 0.6 is 47.4 Å². The van der Waals surface area contributed by atoms with Gasteiger partial charge in [0.05, 0.1) is 6.67 Å². The smallest absolute Gasteiger partial charge is 0.362 e. The summed E-state index contributed by atoms with van der Waals surface area (Å²) in [4.78, 5) is 88.2. The van der Waals surface area contributed by atoms with Crippen LogP contribution in [0.15, 0.2) is 12.4 Å². The lowest BCUT2D eigenvalue weighted by molar-refractivity contribution is 0.290. The van der Waals surface area contributed by atoms with Crippen LogP contribution in [0.4, 0.5) is 25.2 Å². The minimum Gasteiger partial charge on any atom is -0.362 e. The van der Waals surface area contributed by atoms with Gasteiger partial charge in [-0.3, -0.25) is 58.7 Å². The highest BCUT2D eigenvalue weighted by atomic mass is 31.2. The van der Waals surface area contributed by atoms with E-state index in [2.05, 4.69) is 36.2 Å². The second kappa shape index (κ2) is 37.1. The molecule has 0 atom stereocenters. The Morgan fingerprint density at radius 2 is 0.593 bits per heavy atom. The van der Waals surface area contributed by atoms with Gasteiger partial charge in [0.15, 0.2) is 0 Å². The molecule has 0 fully saturated rings. The number of nitrogens with zero attached hydrogens (tertiary/aromatic N) is 2. The largest absolute Gasteiger partial charge is 0.507 e. The van der Waals surface area contributed by atoms with E-state index in [1.165, 1.54) is 109 Å². The van der Waals surface area contributed by atoms with Crippen molar-refractivity contribution in [2.24, 2.45) is 0 Å². The average molecular weight is 937 g/mol. The van der Waals surface area contributed by atoms with Crippen LogP contribution in [0.5, 0.6) is 0 Å². The molecule has 0 aromatic heterocycles. The van der Waals surface area contributed by atoms with Crippen molar-refractivity contribution in [1.82, 2.24) is 9.80 Å². The summed E-state index contributed by atoms with van der Waals surface area (Å²) in [6.07, 6.45) is 27.6. The lowest BCUT2D eigenvalue weighted by Gasteiger charge is -2.17. The van der Waals surface area contributed by atoms with Gasteiger partial charge in [0, 0.05) is 26.0 Å². The molecule has 32 heteroatoms. The second-order valence-corrected chi connectivity index (χ2v) is 16.3. The van der Waals surface area contributed by atoms with Gasteiger partial charge in [-0.15, -0.1) is 25.2 Å². The number of rotatable bonds is 17. The Hall–Kier alpha value is -0.180. The van der Waals surface area contributed by atoms with Gasteiger partial charge in [0.1, 0.15) is 0 Å². The molecule has 0 aromatic carbocycles. The van der Waals surface area contributed by atoms with E-state index in [1.807, 2.05) is 0 Å². The number of hydrogen-bond acceptors (Lipinski definition) is 8. The van der Waals surface area contributed by atoms with E-state index < -0.39 is 47.4 Å². The van der Waals surface area contributed by atoms with Crippen molar-refractivity contribution < 1.29 is 111 Å². The van der Waals surface area contributed by atoms with E-state index >= 15 is 0 Å². The van der Waals surface area contributed by atoms with Crippen molar-refractivity contribution in [3.05, 3.63) is 12.4 Å². The molecule has 0 aromatic rings. The maximum absolute atomic E-state index is 10.4. The molecule has 0 radical (unpaired) electrons. The third kappa shape index (κ3) is 186. The normalized spacial score (nSPS) is 12.8. The molecule has 0 amide bonds. The summed E-state index contributed by atoms with van der Waals surface area (Å²) in [5, 5.41) is 0. The molecule has 334 valence electrons. The molecule has 0 aliphatic carbocycles. The molecule has 54 heavy (non-hydrogen) atoms. The first-order chi connectivity index (χ1) is 23.8. The molecule has 0 bridgehead atoms. The van der Waals surface area contributed by atoms with Gasteiger partial charge in [-0.05, 0) is 6.42 Å². The second-order valence-electron chi connectivity index (χ2n) is 10.6. The Morgan fingerprint density at radius 1 is 0.407 bits per heavy atom. The van der Waals surface area contributed by atoms with Crippen LogP contribution in [0.1, 0.15) is 110 Å². The van der Waals surface area contributed by atoms with E-state index in [0.717, 1.165) is 6.67 Å². The molecule has 12 N–H and O–H groups in total. The molecule has 20 nitrogen and oxygen atoms in total. The number of unbranched alkanes of at least 4 members (excludes halogenated alkanes) is 15. The Labute approximate surface area is 310 Å². The summed E-state index contributed by atoms with van der Waals surface area (Å²) in [5.74, 6) is 0. The Balaban J connectivity index is -0.000000155. The minimum absolute atomic E-state index is 1.08. The van der Waals surface area contributed by atoms with Crippen LogP contribution in [0.25, 0.3) is 0 Å². The first-order valence-electron chi connectivity index (χ1n) is 15.5. The van der Waals surface area contributed by atoms with Gasteiger partial charge >= 0.3 is 47.4 Å². The van der Waals surface area contributed by atoms with Crippen molar-refractivity contribution in [1.29, 1.82) is 0 Å². The summed E-state index contributed by atoms with van der Waals surface area (Å²) < 4.78 is 114. The van der Waals surface area contributed by atoms with Gasteiger partial charge in [-0.1, -0.05) is 103 Å². The van der Waals surface area contributed by atoms with Crippen molar-refractivity contribution in [3.63, 3.8) is 0 Å². The topological polar surface area (TPSA) is 352 Å². The third-order valence-electron chi connectivity index (χ3n) is 5.24. The van der Waals surface area contributed by atoms with Crippen molar-refractivity contribution in [3.8, 4) is 0 Å². The molecule has 0 saturated heterocycles. The standard InChI is InChI=1S/C22H44N2.6FH2O3P/c1-3-4-5-6-7-8-9-10-11-12-13-14-15-16-17-18-19-24-21-20-23(2)22-24;6*1-5(2,3)4/h20-21H,3-19,22H2,1-2H3;6*(H2,2,3,4). The Bertz CT molecular complexity index is 977. The first-order valence-corrected chi connectivity index (χ1v) is 24.5. The fourth-order valence-corrected chi connectivity index (χ4v) is 3.60. The lowest BCUT2D eigenvalue weighted by Crippen LogP contribution is -2.23. The van der Waals surface area contributed by atoms with E-state index in [-0.39, 0.29) is 0 Å². The molecule has 0 spiro atoms. The first kappa shape index (κ1) is 65.7. The Morgan fingerprint density at radius 3 is 0.759 bits per heavy atom. The van der Waals surface area contributed by atoms with Gasteiger partial charge in [0.2, 0.25) is 0 Å². The predicted molar refractivity (Wildman–Crippen MR) is 187 cm³/mol. The molecule has 1 aliphatic heterocycles. The summed E-state index contributed by atoms with van der Waals surface area (Å²) in [5.41, 5.74) is 0. The number of halogens is 6. The van der Waals surface area contributed by atoms with E-state index in [4.69, 9.17) is 86.1 Å². The third-order valence-corrected chi connectivity index (χ3v) is 5.24. The van der Waals surface area contributed by atoms with E-state index in [9.17, 15) is 25.2 Å². The van der Waals surface area contributed by atoms with Crippen molar-refractivity contribution >= 4 is 47.4 Å². The number of hydrogen-bond donors (Lipinski definition) is 12. The van der Waals surface area contributed by atoms with Crippen LogP contribution in [0.3, 0.4) is 0 Å². The highest BCUT2D eigenvalue weighted by Gasteiger charge is 2.08. The van der Waals surface area contributed by atoms with Gasteiger partial charge in [-0.25, -0.2) is 27.4 Å². The van der Waals surface area contributed by atoms with E-state index in [1.54, 1.807) is 0 Å². The van der Waals surface area contributed by atoms with Crippen LogP contribution in [-0.2, 0) is 27.4 Å². The zero-order chi connectivity index (χ0) is 44.3. The SMILES string of the molecule is CCCCCCCCCCCCCCCCCCN1C=CN(C)C1.O=P(O)(O)F.O=P(O)(O)F.O=P(O)(O)F.O=P(O)(O)F.O=P(O)(O)F.O=P(O)(O)F.